The molecule has 0 aromatic heterocycles. The molecule has 138 valence electrons. The molecule has 0 aliphatic carbocycles. The zero-order valence-electron chi connectivity index (χ0n) is 13.6. The molecule has 0 spiro atoms. The largest absolute Gasteiger partial charge is 0.462 e. The first kappa shape index (κ1) is 19.4. The van der Waals surface area contributed by atoms with Gasteiger partial charge in [-0.1, -0.05) is 18.2 Å². The van der Waals surface area contributed by atoms with E-state index >= 15 is 0 Å². The highest BCUT2D eigenvalue weighted by molar-refractivity contribution is 6.04. The summed E-state index contributed by atoms with van der Waals surface area (Å²) in [4.78, 5) is 22.7. The average Bonchev–Trinajstić information content (AvgIpc) is 2.59. The predicted molar refractivity (Wildman–Crippen MR) is 86.3 cm³/mol. The van der Waals surface area contributed by atoms with Crippen LogP contribution in [0.3, 0.4) is 0 Å². The lowest BCUT2D eigenvalue weighted by Gasteiger charge is -2.11. The van der Waals surface area contributed by atoms with Gasteiger partial charge in [0.2, 0.25) is 0 Å². The van der Waals surface area contributed by atoms with E-state index in [1.54, 1.807) is 0 Å². The van der Waals surface area contributed by atoms with E-state index < -0.39 is 36.4 Å². The Balaban J connectivity index is 2.05. The van der Waals surface area contributed by atoms with Gasteiger partial charge in [-0.2, -0.15) is 13.2 Å². The number of benzene rings is 2. The Labute approximate surface area is 146 Å². The minimum atomic E-state index is -4.55. The first-order chi connectivity index (χ1) is 12.2. The topological polar surface area (TPSA) is 55.4 Å². The number of rotatable bonds is 5. The first-order valence-corrected chi connectivity index (χ1v) is 7.53. The smallest absolute Gasteiger partial charge is 0.416 e. The molecule has 1 atom stereocenters. The van der Waals surface area contributed by atoms with Crippen LogP contribution >= 0.6 is 0 Å². The minimum Gasteiger partial charge on any atom is -0.462 e. The van der Waals surface area contributed by atoms with E-state index in [2.05, 4.69) is 10.1 Å². The number of nitrogens with one attached hydrogen (secondary N) is 1. The Morgan fingerprint density at radius 2 is 1.77 bits per heavy atom. The third-order valence-corrected chi connectivity index (χ3v) is 3.42. The predicted octanol–water partition coefficient (Wildman–Crippen LogP) is 4.53. The van der Waals surface area contributed by atoms with Gasteiger partial charge in [-0.05, 0) is 35.9 Å². The van der Waals surface area contributed by atoms with Gasteiger partial charge in [0.15, 0.2) is 6.17 Å². The maximum atomic E-state index is 13.8. The fraction of sp³-hybridized carbons (Fsp3) is 0.222. The molecule has 0 aliphatic rings. The van der Waals surface area contributed by atoms with Crippen molar-refractivity contribution in [2.45, 2.75) is 19.3 Å². The summed E-state index contributed by atoms with van der Waals surface area (Å²) in [6.07, 6.45) is -6.07. The molecule has 2 aromatic carbocycles. The zero-order chi connectivity index (χ0) is 19.3. The molecule has 8 heteroatoms. The number of esters is 1. The molecular weight excluding hydrogens is 354 g/mol. The van der Waals surface area contributed by atoms with Gasteiger partial charge in [0.1, 0.15) is 6.61 Å². The van der Waals surface area contributed by atoms with Gasteiger partial charge in [-0.25, -0.2) is 4.39 Å². The van der Waals surface area contributed by atoms with Crippen LogP contribution in [0.15, 0.2) is 48.5 Å². The van der Waals surface area contributed by atoms with Crippen LogP contribution in [0.25, 0.3) is 0 Å². The molecule has 1 unspecified atom stereocenters. The van der Waals surface area contributed by atoms with Crippen molar-refractivity contribution >= 4 is 17.6 Å². The number of alkyl halides is 4. The lowest BCUT2D eigenvalue weighted by atomic mass is 10.1. The lowest BCUT2D eigenvalue weighted by Crippen LogP contribution is -2.14. The van der Waals surface area contributed by atoms with Crippen molar-refractivity contribution in [3.05, 3.63) is 65.2 Å². The monoisotopic (exact) mass is 369 g/mol. The van der Waals surface area contributed by atoms with E-state index in [9.17, 15) is 27.2 Å². The molecule has 0 saturated heterocycles. The molecule has 0 aliphatic heterocycles. The van der Waals surface area contributed by atoms with E-state index in [1.165, 1.54) is 37.3 Å². The molecule has 2 aromatic rings. The van der Waals surface area contributed by atoms with Gasteiger partial charge in [0.05, 0.1) is 5.56 Å². The second-order valence-corrected chi connectivity index (χ2v) is 5.42. The van der Waals surface area contributed by atoms with E-state index in [4.69, 9.17) is 0 Å². The van der Waals surface area contributed by atoms with Crippen LogP contribution in [0.2, 0.25) is 0 Å². The molecule has 26 heavy (non-hydrogen) atoms. The summed E-state index contributed by atoms with van der Waals surface area (Å²) < 4.78 is 56.5. The summed E-state index contributed by atoms with van der Waals surface area (Å²) in [5.41, 5.74) is -0.549. The van der Waals surface area contributed by atoms with E-state index in [1.807, 2.05) is 0 Å². The summed E-state index contributed by atoms with van der Waals surface area (Å²) in [6.45, 7) is 0.740. The number of hydrogen-bond acceptors (Lipinski definition) is 3. The van der Waals surface area contributed by atoms with Gasteiger partial charge in [-0.15, -0.1) is 0 Å². The van der Waals surface area contributed by atoms with Crippen molar-refractivity contribution in [1.82, 2.24) is 0 Å². The fourth-order valence-corrected chi connectivity index (χ4v) is 2.10. The Kier molecular flexibility index (Phi) is 5.97. The summed E-state index contributed by atoms with van der Waals surface area (Å²) in [7, 11) is 0. The van der Waals surface area contributed by atoms with Crippen LogP contribution in [0, 0.1) is 0 Å². The average molecular weight is 369 g/mol. The fourth-order valence-electron chi connectivity index (χ4n) is 2.10. The lowest BCUT2D eigenvalue weighted by molar-refractivity contribution is -0.142. The highest BCUT2D eigenvalue weighted by atomic mass is 19.4. The number of carbonyl (C=O) groups excluding carboxylic acids is 2. The standard InChI is InChI=1S/C18H15F4NO3/c1-11(24)26-10-16(19)12-5-7-15(8-6-12)23-17(25)13-3-2-4-14(9-13)18(20,21)22/h2-9,16H,10H2,1H3,(H,23,25). The molecule has 0 heterocycles. The molecule has 0 saturated carbocycles. The summed E-state index contributed by atoms with van der Waals surface area (Å²) >= 11 is 0. The molecule has 0 radical (unpaired) electrons. The number of ether oxygens (including phenoxy) is 1. The van der Waals surface area contributed by atoms with E-state index in [0.29, 0.717) is 0 Å². The van der Waals surface area contributed by atoms with Gasteiger partial charge in [0.25, 0.3) is 5.91 Å². The van der Waals surface area contributed by atoms with Crippen molar-refractivity contribution in [2.24, 2.45) is 0 Å². The van der Waals surface area contributed by atoms with Crippen molar-refractivity contribution in [1.29, 1.82) is 0 Å². The highest BCUT2D eigenvalue weighted by Crippen LogP contribution is 2.29. The molecule has 1 N–H and O–H groups in total. The Bertz CT molecular complexity index is 788. The van der Waals surface area contributed by atoms with Gasteiger partial charge < -0.3 is 10.1 Å². The molecule has 4 nitrogen and oxygen atoms in total. The first-order valence-electron chi connectivity index (χ1n) is 7.53. The second kappa shape index (κ2) is 7.99. The van der Waals surface area contributed by atoms with E-state index in [-0.39, 0.29) is 16.8 Å². The Morgan fingerprint density at radius 1 is 1.12 bits per heavy atom. The van der Waals surface area contributed by atoms with Crippen molar-refractivity contribution in [3.63, 3.8) is 0 Å². The molecule has 1 amide bonds. The van der Waals surface area contributed by atoms with Crippen molar-refractivity contribution in [3.8, 4) is 0 Å². The van der Waals surface area contributed by atoms with Gasteiger partial charge in [-0.3, -0.25) is 9.59 Å². The third-order valence-electron chi connectivity index (χ3n) is 3.42. The van der Waals surface area contributed by atoms with Crippen LogP contribution in [-0.4, -0.2) is 18.5 Å². The SMILES string of the molecule is CC(=O)OCC(F)c1ccc(NC(=O)c2cccc(C(F)(F)F)c2)cc1. The van der Waals surface area contributed by atoms with Crippen LogP contribution in [0.4, 0.5) is 23.2 Å². The Hall–Kier alpha value is -2.90. The molecule has 0 fully saturated rings. The van der Waals surface area contributed by atoms with Crippen molar-refractivity contribution in [2.75, 3.05) is 11.9 Å². The van der Waals surface area contributed by atoms with Gasteiger partial charge >= 0.3 is 12.1 Å². The normalized spacial score (nSPS) is 12.3. The van der Waals surface area contributed by atoms with Crippen LogP contribution in [0.1, 0.15) is 34.6 Å². The highest BCUT2D eigenvalue weighted by Gasteiger charge is 2.30. The number of hydrogen-bond donors (Lipinski definition) is 1. The second-order valence-electron chi connectivity index (χ2n) is 5.42. The minimum absolute atomic E-state index is 0.151. The Morgan fingerprint density at radius 3 is 2.35 bits per heavy atom. The summed E-state index contributed by atoms with van der Waals surface area (Å²) in [5, 5.41) is 2.44. The van der Waals surface area contributed by atoms with E-state index in [0.717, 1.165) is 18.2 Å². The molecule has 2 rings (SSSR count). The molecular formula is C18H15F4NO3. The number of amides is 1. The zero-order valence-corrected chi connectivity index (χ0v) is 13.6. The maximum absolute atomic E-state index is 13.8. The summed E-state index contributed by atoms with van der Waals surface area (Å²) in [5.74, 6) is -1.32. The molecule has 0 bridgehead atoms. The number of anilines is 1. The number of halogens is 4. The van der Waals surface area contributed by atoms with Gasteiger partial charge in [0, 0.05) is 18.2 Å². The summed E-state index contributed by atoms with van der Waals surface area (Å²) in [6, 6.07) is 9.60. The quantitative estimate of drug-likeness (QED) is 0.622. The number of carbonyl (C=O) groups is 2. The van der Waals surface area contributed by atoms with Crippen LogP contribution in [0.5, 0.6) is 0 Å². The van der Waals surface area contributed by atoms with Crippen LogP contribution in [-0.2, 0) is 15.7 Å². The maximum Gasteiger partial charge on any atom is 0.416 e. The van der Waals surface area contributed by atoms with Crippen LogP contribution < -0.4 is 5.32 Å². The third kappa shape index (κ3) is 5.30. The van der Waals surface area contributed by atoms with Crippen molar-refractivity contribution < 1.29 is 31.9 Å².